The molecule has 176 valence electrons. The molecular formula is C21H22ClF4NO4S. The summed E-state index contributed by atoms with van der Waals surface area (Å²) in [6, 6.07) is 4.93. The molecule has 2 aromatic carbocycles. The van der Waals surface area contributed by atoms with E-state index in [1.807, 2.05) is 5.32 Å². The third-order valence-electron chi connectivity index (χ3n) is 4.61. The van der Waals surface area contributed by atoms with Crippen molar-refractivity contribution in [3.05, 3.63) is 53.1 Å². The van der Waals surface area contributed by atoms with Gasteiger partial charge in [0.05, 0.1) is 4.90 Å². The normalized spacial score (nSPS) is 14.8. The van der Waals surface area contributed by atoms with E-state index in [-0.39, 0.29) is 15.5 Å². The highest BCUT2D eigenvalue weighted by molar-refractivity contribution is 7.90. The topological polar surface area (TPSA) is 83.5 Å². The van der Waals surface area contributed by atoms with Crippen LogP contribution in [0.5, 0.6) is 0 Å². The summed E-state index contributed by atoms with van der Waals surface area (Å²) in [6.07, 6.45) is -4.48. The minimum Gasteiger partial charge on any atom is -0.480 e. The second-order valence-electron chi connectivity index (χ2n) is 7.99. The molecule has 0 saturated carbocycles. The molecule has 11 heteroatoms. The van der Waals surface area contributed by atoms with Crippen LogP contribution in [0.4, 0.5) is 17.6 Å². The van der Waals surface area contributed by atoms with E-state index in [0.29, 0.717) is 11.1 Å². The number of hydrogen-bond donors (Lipinski definition) is 2. The number of sulfone groups is 1. The molecule has 0 spiro atoms. The molecule has 0 fully saturated rings. The second kappa shape index (κ2) is 9.36. The molecule has 0 bridgehead atoms. The molecule has 0 saturated heterocycles. The molecule has 0 aliphatic carbocycles. The zero-order valence-corrected chi connectivity index (χ0v) is 18.9. The van der Waals surface area contributed by atoms with Gasteiger partial charge in [0, 0.05) is 23.3 Å². The summed E-state index contributed by atoms with van der Waals surface area (Å²) in [7, 11) is -3.48. The van der Waals surface area contributed by atoms with Gasteiger partial charge in [0.1, 0.15) is 17.8 Å². The lowest BCUT2D eigenvalue weighted by atomic mass is 9.97. The van der Waals surface area contributed by atoms with Crippen LogP contribution < -0.4 is 5.32 Å². The first-order chi connectivity index (χ1) is 14.5. The highest BCUT2D eigenvalue weighted by Gasteiger charge is 2.43. The van der Waals surface area contributed by atoms with E-state index in [1.165, 1.54) is 30.3 Å². The van der Waals surface area contributed by atoms with Crippen molar-refractivity contribution in [3.63, 3.8) is 0 Å². The first kappa shape index (κ1) is 26.1. The van der Waals surface area contributed by atoms with Crippen molar-refractivity contribution >= 4 is 27.4 Å². The molecule has 5 nitrogen and oxygen atoms in total. The summed E-state index contributed by atoms with van der Waals surface area (Å²) in [6.45, 7) is 2.17. The quantitative estimate of drug-likeness (QED) is 0.492. The van der Waals surface area contributed by atoms with Gasteiger partial charge in [-0.15, -0.1) is 0 Å². The first-order valence-electron chi connectivity index (χ1n) is 9.33. The van der Waals surface area contributed by atoms with Crippen LogP contribution in [0.15, 0.2) is 47.4 Å². The Morgan fingerprint density at radius 1 is 1.09 bits per heavy atom. The number of halogens is 5. The number of nitrogens with one attached hydrogen (secondary N) is 1. The summed E-state index contributed by atoms with van der Waals surface area (Å²) >= 11 is 6.15. The van der Waals surface area contributed by atoms with Crippen molar-refractivity contribution in [2.45, 2.75) is 49.1 Å². The monoisotopic (exact) mass is 495 g/mol. The molecule has 0 heterocycles. The van der Waals surface area contributed by atoms with Gasteiger partial charge in [0.2, 0.25) is 0 Å². The van der Waals surface area contributed by atoms with E-state index >= 15 is 0 Å². The SMILES string of the molecule is CC(C)(F)CC(N[C@@H](c1ccc(-c2ccc(S(C)(=O)=O)cc2Cl)cc1)C(F)(F)F)C(=O)O. The van der Waals surface area contributed by atoms with Crippen LogP contribution in [0.25, 0.3) is 11.1 Å². The summed E-state index contributed by atoms with van der Waals surface area (Å²) in [5.74, 6) is -1.60. The fraction of sp³-hybridized carbons (Fsp3) is 0.381. The van der Waals surface area contributed by atoms with Gasteiger partial charge in [0.15, 0.2) is 9.84 Å². The first-order valence-corrected chi connectivity index (χ1v) is 11.6. The average Bonchev–Trinajstić information content (AvgIpc) is 2.62. The molecule has 2 aromatic rings. The molecule has 32 heavy (non-hydrogen) atoms. The number of hydrogen-bond acceptors (Lipinski definition) is 4. The van der Waals surface area contributed by atoms with Gasteiger partial charge < -0.3 is 5.11 Å². The van der Waals surface area contributed by atoms with Crippen LogP contribution in [0.2, 0.25) is 5.02 Å². The van der Waals surface area contributed by atoms with E-state index in [4.69, 9.17) is 11.6 Å². The Labute approximate surface area is 188 Å². The predicted molar refractivity (Wildman–Crippen MR) is 113 cm³/mol. The van der Waals surface area contributed by atoms with Crippen molar-refractivity contribution in [2.24, 2.45) is 0 Å². The van der Waals surface area contributed by atoms with E-state index in [0.717, 1.165) is 32.2 Å². The van der Waals surface area contributed by atoms with Gasteiger partial charge >= 0.3 is 12.1 Å². The van der Waals surface area contributed by atoms with E-state index in [1.54, 1.807) is 0 Å². The number of rotatable bonds is 8. The van der Waals surface area contributed by atoms with Gasteiger partial charge in [-0.3, -0.25) is 10.1 Å². The van der Waals surface area contributed by atoms with Crippen molar-refractivity contribution < 1.29 is 35.9 Å². The largest absolute Gasteiger partial charge is 0.480 e. The lowest BCUT2D eigenvalue weighted by molar-refractivity contribution is -0.164. The Morgan fingerprint density at radius 3 is 2.06 bits per heavy atom. The maximum atomic E-state index is 13.9. The molecule has 0 aliphatic rings. The van der Waals surface area contributed by atoms with Crippen LogP contribution in [0.1, 0.15) is 31.9 Å². The van der Waals surface area contributed by atoms with Crippen LogP contribution in [-0.4, -0.2) is 43.6 Å². The zero-order chi connectivity index (χ0) is 24.5. The summed E-state index contributed by atoms with van der Waals surface area (Å²) in [5, 5.41) is 11.4. The molecule has 0 radical (unpaired) electrons. The maximum Gasteiger partial charge on any atom is 0.407 e. The molecule has 1 unspecified atom stereocenters. The fourth-order valence-electron chi connectivity index (χ4n) is 3.10. The summed E-state index contributed by atoms with van der Waals surface area (Å²) < 4.78 is 78.2. The Kier molecular flexibility index (Phi) is 7.63. The number of alkyl halides is 4. The smallest absolute Gasteiger partial charge is 0.407 e. The fourth-order valence-corrected chi connectivity index (χ4v) is 4.10. The van der Waals surface area contributed by atoms with Crippen LogP contribution in [-0.2, 0) is 14.6 Å². The Morgan fingerprint density at radius 2 is 1.66 bits per heavy atom. The van der Waals surface area contributed by atoms with Crippen LogP contribution >= 0.6 is 11.6 Å². The zero-order valence-electron chi connectivity index (χ0n) is 17.4. The van der Waals surface area contributed by atoms with Crippen molar-refractivity contribution in [3.8, 4) is 11.1 Å². The molecular weight excluding hydrogens is 474 g/mol. The molecule has 0 amide bonds. The molecule has 0 aliphatic heterocycles. The number of carboxylic acid groups (broad SMARTS) is 1. The second-order valence-corrected chi connectivity index (χ2v) is 10.4. The van der Waals surface area contributed by atoms with Crippen molar-refractivity contribution in [2.75, 3.05) is 6.26 Å². The van der Waals surface area contributed by atoms with E-state index in [2.05, 4.69) is 0 Å². The summed E-state index contributed by atoms with van der Waals surface area (Å²) in [4.78, 5) is 11.4. The summed E-state index contributed by atoms with van der Waals surface area (Å²) in [5.41, 5.74) is -1.43. The lowest BCUT2D eigenvalue weighted by Crippen LogP contribution is -2.47. The van der Waals surface area contributed by atoms with Crippen molar-refractivity contribution in [1.82, 2.24) is 5.32 Å². The van der Waals surface area contributed by atoms with Crippen LogP contribution in [0, 0.1) is 0 Å². The minimum atomic E-state index is -4.84. The highest BCUT2D eigenvalue weighted by atomic mass is 35.5. The number of benzene rings is 2. The van der Waals surface area contributed by atoms with E-state index in [9.17, 15) is 35.9 Å². The standard InChI is InChI=1S/C21H22ClF4NO4S/c1-20(2,23)11-17(19(28)29)27-18(21(24,25)26)13-6-4-12(5-7-13)15-9-8-14(10-16(15)22)32(3,30)31/h4-10,17-18,27H,11H2,1-3H3,(H,28,29)/t17?,18-/m0/s1. The van der Waals surface area contributed by atoms with Gasteiger partial charge in [-0.25, -0.2) is 12.8 Å². The number of carboxylic acids is 1. The Bertz CT molecular complexity index is 1080. The third kappa shape index (κ3) is 6.91. The molecule has 2 rings (SSSR count). The highest BCUT2D eigenvalue weighted by Crippen LogP contribution is 2.36. The van der Waals surface area contributed by atoms with Crippen molar-refractivity contribution in [1.29, 1.82) is 0 Å². The molecule has 2 N–H and O–H groups in total. The van der Waals surface area contributed by atoms with Crippen LogP contribution in [0.3, 0.4) is 0 Å². The number of carbonyl (C=O) groups is 1. The lowest BCUT2D eigenvalue weighted by Gasteiger charge is -2.28. The van der Waals surface area contributed by atoms with Gasteiger partial charge in [-0.2, -0.15) is 13.2 Å². The van der Waals surface area contributed by atoms with E-state index < -0.39 is 46.2 Å². The Hall–Kier alpha value is -2.17. The average molecular weight is 496 g/mol. The molecule has 0 aromatic heterocycles. The maximum absolute atomic E-state index is 13.9. The van der Waals surface area contributed by atoms with Gasteiger partial charge in [-0.05, 0) is 37.1 Å². The van der Waals surface area contributed by atoms with Gasteiger partial charge in [-0.1, -0.05) is 41.9 Å². The number of aliphatic carboxylic acids is 1. The minimum absolute atomic E-state index is 0.000273. The third-order valence-corrected chi connectivity index (χ3v) is 6.03. The van der Waals surface area contributed by atoms with Gasteiger partial charge in [0.25, 0.3) is 0 Å². The predicted octanol–water partition coefficient (Wildman–Crippen LogP) is 5.19. The molecule has 2 atom stereocenters. The Balaban J connectivity index is 2.38.